The van der Waals surface area contributed by atoms with Gasteiger partial charge in [0, 0.05) is 18.1 Å². The van der Waals surface area contributed by atoms with Crippen LogP contribution in [0.5, 0.6) is 0 Å². The minimum atomic E-state index is 1.13. The van der Waals surface area contributed by atoms with Gasteiger partial charge < -0.3 is 4.90 Å². The standard InChI is InChI=1S/C11H17NS/c1-12(2)8-9-13-10-11-6-4-3-5-7-11/h3-7H,8-10H2,1-2H3. The fourth-order valence-corrected chi connectivity index (χ4v) is 2.08. The maximum atomic E-state index is 2.22. The molecule has 0 aromatic heterocycles. The van der Waals surface area contributed by atoms with E-state index >= 15 is 0 Å². The zero-order valence-corrected chi connectivity index (χ0v) is 9.18. The molecule has 0 radical (unpaired) electrons. The zero-order valence-electron chi connectivity index (χ0n) is 8.36. The van der Waals surface area contributed by atoms with Crippen LogP contribution in [0.25, 0.3) is 0 Å². The van der Waals surface area contributed by atoms with E-state index < -0.39 is 0 Å². The van der Waals surface area contributed by atoms with E-state index in [1.807, 2.05) is 11.8 Å². The second-order valence-electron chi connectivity index (χ2n) is 3.34. The van der Waals surface area contributed by atoms with Gasteiger partial charge in [0.1, 0.15) is 0 Å². The van der Waals surface area contributed by atoms with Gasteiger partial charge in [-0.2, -0.15) is 11.8 Å². The van der Waals surface area contributed by atoms with E-state index in [2.05, 4.69) is 49.3 Å². The monoisotopic (exact) mass is 195 g/mol. The number of benzene rings is 1. The van der Waals surface area contributed by atoms with Gasteiger partial charge in [-0.1, -0.05) is 30.3 Å². The van der Waals surface area contributed by atoms with Crippen molar-refractivity contribution in [3.8, 4) is 0 Å². The van der Waals surface area contributed by atoms with Gasteiger partial charge in [-0.15, -0.1) is 0 Å². The molecule has 0 fully saturated rings. The fraction of sp³-hybridized carbons (Fsp3) is 0.455. The summed E-state index contributed by atoms with van der Waals surface area (Å²) < 4.78 is 0. The average Bonchev–Trinajstić information content (AvgIpc) is 2.14. The SMILES string of the molecule is CN(C)CCSCc1ccccc1. The third kappa shape index (κ3) is 4.96. The van der Waals surface area contributed by atoms with Crippen molar-refractivity contribution in [1.82, 2.24) is 4.90 Å². The van der Waals surface area contributed by atoms with E-state index in [4.69, 9.17) is 0 Å². The largest absolute Gasteiger partial charge is 0.309 e. The van der Waals surface area contributed by atoms with Crippen molar-refractivity contribution in [2.24, 2.45) is 0 Å². The van der Waals surface area contributed by atoms with E-state index in [-0.39, 0.29) is 0 Å². The Morgan fingerprint density at radius 2 is 1.85 bits per heavy atom. The average molecular weight is 195 g/mol. The molecular weight excluding hydrogens is 178 g/mol. The highest BCUT2D eigenvalue weighted by atomic mass is 32.2. The van der Waals surface area contributed by atoms with Crippen molar-refractivity contribution in [1.29, 1.82) is 0 Å². The molecule has 13 heavy (non-hydrogen) atoms. The van der Waals surface area contributed by atoms with Gasteiger partial charge in [0.25, 0.3) is 0 Å². The van der Waals surface area contributed by atoms with Gasteiger partial charge in [-0.05, 0) is 19.7 Å². The number of hydrogen-bond donors (Lipinski definition) is 0. The van der Waals surface area contributed by atoms with Crippen molar-refractivity contribution < 1.29 is 0 Å². The molecule has 0 unspecified atom stereocenters. The predicted octanol–water partition coefficient (Wildman–Crippen LogP) is 2.48. The Hall–Kier alpha value is -0.470. The summed E-state index contributed by atoms with van der Waals surface area (Å²) in [5.41, 5.74) is 1.42. The van der Waals surface area contributed by atoms with E-state index in [1.54, 1.807) is 0 Å². The Morgan fingerprint density at radius 3 is 2.46 bits per heavy atom. The third-order valence-electron chi connectivity index (χ3n) is 1.79. The zero-order chi connectivity index (χ0) is 9.52. The van der Waals surface area contributed by atoms with Crippen LogP contribution in [0.15, 0.2) is 30.3 Å². The highest BCUT2D eigenvalue weighted by molar-refractivity contribution is 7.98. The Balaban J connectivity index is 2.13. The lowest BCUT2D eigenvalue weighted by Crippen LogP contribution is -2.14. The van der Waals surface area contributed by atoms with Crippen LogP contribution in [-0.4, -0.2) is 31.3 Å². The van der Waals surface area contributed by atoms with E-state index in [9.17, 15) is 0 Å². The second kappa shape index (κ2) is 6.06. The summed E-state index contributed by atoms with van der Waals surface area (Å²) in [7, 11) is 4.23. The lowest BCUT2D eigenvalue weighted by molar-refractivity contribution is 0.437. The highest BCUT2D eigenvalue weighted by Crippen LogP contribution is 2.10. The predicted molar refractivity (Wildman–Crippen MR) is 61.2 cm³/mol. The lowest BCUT2D eigenvalue weighted by atomic mass is 10.2. The molecule has 0 N–H and O–H groups in total. The molecule has 1 aromatic carbocycles. The van der Waals surface area contributed by atoms with E-state index in [1.165, 1.54) is 11.3 Å². The molecule has 1 rings (SSSR count). The molecular formula is C11H17NS. The van der Waals surface area contributed by atoms with Crippen LogP contribution in [0.4, 0.5) is 0 Å². The maximum Gasteiger partial charge on any atom is 0.0185 e. The molecule has 72 valence electrons. The molecule has 1 nitrogen and oxygen atoms in total. The fourth-order valence-electron chi connectivity index (χ4n) is 1.01. The first-order valence-corrected chi connectivity index (χ1v) is 5.71. The molecule has 0 aliphatic rings. The van der Waals surface area contributed by atoms with Crippen LogP contribution in [0.2, 0.25) is 0 Å². The van der Waals surface area contributed by atoms with Gasteiger partial charge in [-0.3, -0.25) is 0 Å². The lowest BCUT2D eigenvalue weighted by Gasteiger charge is -2.08. The molecule has 0 amide bonds. The molecule has 0 bridgehead atoms. The molecule has 0 saturated heterocycles. The molecule has 0 heterocycles. The molecule has 1 aromatic rings. The first kappa shape index (κ1) is 10.6. The van der Waals surface area contributed by atoms with E-state index in [0.29, 0.717) is 0 Å². The molecule has 0 saturated carbocycles. The summed E-state index contributed by atoms with van der Waals surface area (Å²) in [4.78, 5) is 2.22. The van der Waals surface area contributed by atoms with Gasteiger partial charge in [0.2, 0.25) is 0 Å². The van der Waals surface area contributed by atoms with Gasteiger partial charge in [0.05, 0.1) is 0 Å². The van der Waals surface area contributed by atoms with Crippen molar-refractivity contribution in [2.75, 3.05) is 26.4 Å². The van der Waals surface area contributed by atoms with Gasteiger partial charge in [0.15, 0.2) is 0 Å². The van der Waals surface area contributed by atoms with Crippen LogP contribution in [-0.2, 0) is 5.75 Å². The van der Waals surface area contributed by atoms with E-state index in [0.717, 1.165) is 12.3 Å². The van der Waals surface area contributed by atoms with Crippen molar-refractivity contribution in [2.45, 2.75) is 5.75 Å². The summed E-state index contributed by atoms with van der Waals surface area (Å²) in [5, 5.41) is 0. The second-order valence-corrected chi connectivity index (χ2v) is 4.45. The van der Waals surface area contributed by atoms with Crippen molar-refractivity contribution in [3.63, 3.8) is 0 Å². The molecule has 0 spiro atoms. The Bertz CT molecular complexity index is 221. The molecule has 0 aliphatic heterocycles. The Labute approximate surface area is 85.1 Å². The maximum absolute atomic E-state index is 2.22. The molecule has 0 aliphatic carbocycles. The first-order chi connectivity index (χ1) is 6.29. The first-order valence-electron chi connectivity index (χ1n) is 4.55. The molecule has 2 heteroatoms. The van der Waals surface area contributed by atoms with Crippen LogP contribution in [0, 0.1) is 0 Å². The smallest absolute Gasteiger partial charge is 0.0185 e. The topological polar surface area (TPSA) is 3.24 Å². The summed E-state index contributed by atoms with van der Waals surface area (Å²) in [6.07, 6.45) is 0. The van der Waals surface area contributed by atoms with Crippen LogP contribution >= 0.6 is 11.8 Å². The van der Waals surface area contributed by atoms with Crippen molar-refractivity contribution in [3.05, 3.63) is 35.9 Å². The highest BCUT2D eigenvalue weighted by Gasteiger charge is 1.93. The summed E-state index contributed by atoms with van der Waals surface area (Å²) in [6, 6.07) is 10.6. The number of rotatable bonds is 5. The van der Waals surface area contributed by atoms with Crippen LogP contribution in [0.3, 0.4) is 0 Å². The summed E-state index contributed by atoms with van der Waals surface area (Å²) in [5.74, 6) is 2.34. The minimum Gasteiger partial charge on any atom is -0.309 e. The van der Waals surface area contributed by atoms with Crippen molar-refractivity contribution >= 4 is 11.8 Å². The number of hydrogen-bond acceptors (Lipinski definition) is 2. The van der Waals surface area contributed by atoms with Crippen LogP contribution < -0.4 is 0 Å². The number of thioether (sulfide) groups is 1. The normalized spacial score (nSPS) is 10.7. The molecule has 0 atom stereocenters. The Kier molecular flexibility index (Phi) is 4.94. The summed E-state index contributed by atoms with van der Waals surface area (Å²) in [6.45, 7) is 1.16. The third-order valence-corrected chi connectivity index (χ3v) is 2.80. The van der Waals surface area contributed by atoms with Gasteiger partial charge in [-0.25, -0.2) is 0 Å². The number of nitrogens with zero attached hydrogens (tertiary/aromatic N) is 1. The quantitative estimate of drug-likeness (QED) is 0.664. The Morgan fingerprint density at radius 1 is 1.15 bits per heavy atom. The van der Waals surface area contributed by atoms with Crippen LogP contribution in [0.1, 0.15) is 5.56 Å². The van der Waals surface area contributed by atoms with Gasteiger partial charge >= 0.3 is 0 Å². The summed E-state index contributed by atoms with van der Waals surface area (Å²) >= 11 is 1.99. The minimum absolute atomic E-state index is 1.13.